The summed E-state index contributed by atoms with van der Waals surface area (Å²) in [4.78, 5) is 0. The highest BCUT2D eigenvalue weighted by molar-refractivity contribution is 5.33. The van der Waals surface area contributed by atoms with Crippen molar-refractivity contribution in [3.05, 3.63) is 35.1 Å². The first-order valence-electron chi connectivity index (χ1n) is 3.61. The zero-order chi connectivity index (χ0) is 8.97. The third kappa shape index (κ3) is 1.80. The molecule has 0 amide bonds. The van der Waals surface area contributed by atoms with E-state index in [2.05, 4.69) is 5.32 Å². The van der Waals surface area contributed by atoms with Gasteiger partial charge in [-0.25, -0.2) is 4.39 Å². The Balaban J connectivity index is 3.01. The predicted octanol–water partition coefficient (Wildman–Crippen LogP) is 1.42. The summed E-state index contributed by atoms with van der Waals surface area (Å²) >= 11 is 0. The van der Waals surface area contributed by atoms with Gasteiger partial charge in [0.05, 0.1) is 11.6 Å². The maximum Gasteiger partial charge on any atom is 0.127 e. The molecule has 1 N–H and O–H groups in total. The molecule has 0 bridgehead atoms. The molecule has 1 rings (SSSR count). The van der Waals surface area contributed by atoms with Crippen LogP contribution < -0.4 is 5.32 Å². The molecule has 0 unspecified atom stereocenters. The minimum Gasteiger partial charge on any atom is -0.316 e. The molecule has 3 heteroatoms. The van der Waals surface area contributed by atoms with Crippen LogP contribution in [0.4, 0.5) is 4.39 Å². The average Bonchev–Trinajstić information content (AvgIpc) is 2.09. The quantitative estimate of drug-likeness (QED) is 0.717. The summed E-state index contributed by atoms with van der Waals surface area (Å²) in [6, 6.07) is 6.28. The van der Waals surface area contributed by atoms with Crippen molar-refractivity contribution in [2.24, 2.45) is 0 Å². The second-order valence-corrected chi connectivity index (χ2v) is 2.45. The van der Waals surface area contributed by atoms with E-state index < -0.39 is 0 Å². The van der Waals surface area contributed by atoms with Gasteiger partial charge >= 0.3 is 0 Å². The molecule has 0 saturated heterocycles. The van der Waals surface area contributed by atoms with Crippen LogP contribution >= 0.6 is 0 Å². The van der Waals surface area contributed by atoms with Gasteiger partial charge in [0, 0.05) is 12.1 Å². The van der Waals surface area contributed by atoms with Crippen molar-refractivity contribution < 1.29 is 4.39 Å². The Labute approximate surface area is 70.6 Å². The largest absolute Gasteiger partial charge is 0.316 e. The summed E-state index contributed by atoms with van der Waals surface area (Å²) in [5.41, 5.74) is 1.01. The fourth-order valence-corrected chi connectivity index (χ4v) is 0.970. The van der Waals surface area contributed by atoms with E-state index >= 15 is 0 Å². The third-order valence-electron chi connectivity index (χ3n) is 1.54. The zero-order valence-corrected chi connectivity index (χ0v) is 6.76. The lowest BCUT2D eigenvalue weighted by molar-refractivity contribution is 0.600. The fraction of sp³-hybridized carbons (Fsp3) is 0.222. The minimum absolute atomic E-state index is 0.275. The van der Waals surface area contributed by atoms with E-state index in [0.717, 1.165) is 0 Å². The Morgan fingerprint density at radius 1 is 1.58 bits per heavy atom. The van der Waals surface area contributed by atoms with Gasteiger partial charge in [-0.15, -0.1) is 0 Å². The normalized spacial score (nSPS) is 9.42. The number of nitrogens with zero attached hydrogens (tertiary/aromatic N) is 1. The number of benzene rings is 1. The van der Waals surface area contributed by atoms with Crippen LogP contribution in [0.1, 0.15) is 11.1 Å². The molecule has 0 fully saturated rings. The highest BCUT2D eigenvalue weighted by Gasteiger charge is 2.01. The van der Waals surface area contributed by atoms with Crippen LogP contribution in [0, 0.1) is 17.1 Å². The maximum absolute atomic E-state index is 12.9. The Bertz CT molecular complexity index is 315. The standard InChI is InChI=1S/C9H9FN2/c1-12-6-8-4-7(5-11)2-3-9(8)10/h2-4,12H,6H2,1H3. The topological polar surface area (TPSA) is 35.8 Å². The molecule has 0 aliphatic rings. The lowest BCUT2D eigenvalue weighted by Gasteiger charge is -2.01. The first-order valence-corrected chi connectivity index (χ1v) is 3.61. The summed E-state index contributed by atoms with van der Waals surface area (Å²) in [5.74, 6) is -0.275. The molecule has 1 aromatic rings. The van der Waals surface area contributed by atoms with Crippen molar-refractivity contribution in [2.45, 2.75) is 6.54 Å². The number of nitriles is 1. The summed E-state index contributed by atoms with van der Waals surface area (Å²) in [5, 5.41) is 11.4. The molecule has 1 aromatic carbocycles. The van der Waals surface area contributed by atoms with Gasteiger partial charge in [0.1, 0.15) is 5.82 Å². The molecule has 0 heterocycles. The van der Waals surface area contributed by atoms with E-state index in [0.29, 0.717) is 17.7 Å². The molecular formula is C9H9FN2. The Kier molecular flexibility index (Phi) is 2.78. The second-order valence-electron chi connectivity index (χ2n) is 2.45. The monoisotopic (exact) mass is 164 g/mol. The highest BCUT2D eigenvalue weighted by atomic mass is 19.1. The number of hydrogen-bond acceptors (Lipinski definition) is 2. The molecule has 2 nitrogen and oxygen atoms in total. The molecule has 0 saturated carbocycles. The predicted molar refractivity (Wildman–Crippen MR) is 43.9 cm³/mol. The van der Waals surface area contributed by atoms with E-state index in [9.17, 15) is 4.39 Å². The zero-order valence-electron chi connectivity index (χ0n) is 6.76. The van der Waals surface area contributed by atoms with Gasteiger partial charge in [-0.3, -0.25) is 0 Å². The first-order chi connectivity index (χ1) is 5.77. The molecular weight excluding hydrogens is 155 g/mol. The van der Waals surface area contributed by atoms with Crippen LogP contribution in [-0.4, -0.2) is 7.05 Å². The van der Waals surface area contributed by atoms with Gasteiger partial charge in [0.15, 0.2) is 0 Å². The van der Waals surface area contributed by atoms with Crippen LogP contribution in [0.15, 0.2) is 18.2 Å². The number of halogens is 1. The molecule has 0 spiro atoms. The van der Waals surface area contributed by atoms with Crippen molar-refractivity contribution in [3.63, 3.8) is 0 Å². The van der Waals surface area contributed by atoms with E-state index in [1.807, 2.05) is 6.07 Å². The van der Waals surface area contributed by atoms with Gasteiger partial charge in [-0.05, 0) is 25.2 Å². The van der Waals surface area contributed by atoms with Crippen LogP contribution in [0.3, 0.4) is 0 Å². The lowest BCUT2D eigenvalue weighted by atomic mass is 10.1. The lowest BCUT2D eigenvalue weighted by Crippen LogP contribution is -2.07. The fourth-order valence-electron chi connectivity index (χ4n) is 0.970. The van der Waals surface area contributed by atoms with Crippen LogP contribution in [-0.2, 0) is 6.54 Å². The van der Waals surface area contributed by atoms with Crippen molar-refractivity contribution in [1.29, 1.82) is 5.26 Å². The molecule has 62 valence electrons. The first kappa shape index (κ1) is 8.69. The van der Waals surface area contributed by atoms with Crippen molar-refractivity contribution >= 4 is 0 Å². The number of hydrogen-bond donors (Lipinski definition) is 1. The maximum atomic E-state index is 12.9. The molecule has 0 atom stereocenters. The Morgan fingerprint density at radius 3 is 2.92 bits per heavy atom. The summed E-state index contributed by atoms with van der Waals surface area (Å²) < 4.78 is 12.9. The van der Waals surface area contributed by atoms with E-state index in [4.69, 9.17) is 5.26 Å². The van der Waals surface area contributed by atoms with Crippen LogP contribution in [0.5, 0.6) is 0 Å². The van der Waals surface area contributed by atoms with Gasteiger partial charge < -0.3 is 5.32 Å². The molecule has 0 radical (unpaired) electrons. The van der Waals surface area contributed by atoms with E-state index in [-0.39, 0.29) is 5.82 Å². The highest BCUT2D eigenvalue weighted by Crippen LogP contribution is 2.09. The molecule has 0 aromatic heterocycles. The summed E-state index contributed by atoms with van der Waals surface area (Å²) in [6.07, 6.45) is 0. The smallest absolute Gasteiger partial charge is 0.127 e. The van der Waals surface area contributed by atoms with Gasteiger partial charge in [-0.2, -0.15) is 5.26 Å². The van der Waals surface area contributed by atoms with Crippen molar-refractivity contribution in [2.75, 3.05) is 7.05 Å². The SMILES string of the molecule is CNCc1cc(C#N)ccc1F. The van der Waals surface area contributed by atoms with Crippen molar-refractivity contribution in [1.82, 2.24) is 5.32 Å². The Morgan fingerprint density at radius 2 is 2.33 bits per heavy atom. The van der Waals surface area contributed by atoms with E-state index in [1.165, 1.54) is 12.1 Å². The van der Waals surface area contributed by atoms with Gasteiger partial charge in [-0.1, -0.05) is 0 Å². The molecule has 0 aliphatic heterocycles. The Hall–Kier alpha value is -1.40. The summed E-state index contributed by atoms with van der Waals surface area (Å²) in [7, 11) is 1.73. The second kappa shape index (κ2) is 3.84. The molecule has 12 heavy (non-hydrogen) atoms. The van der Waals surface area contributed by atoms with Crippen LogP contribution in [0.25, 0.3) is 0 Å². The van der Waals surface area contributed by atoms with Crippen molar-refractivity contribution in [3.8, 4) is 6.07 Å². The number of nitrogens with one attached hydrogen (secondary N) is 1. The van der Waals surface area contributed by atoms with Crippen LogP contribution in [0.2, 0.25) is 0 Å². The average molecular weight is 164 g/mol. The van der Waals surface area contributed by atoms with Gasteiger partial charge in [0.25, 0.3) is 0 Å². The summed E-state index contributed by atoms with van der Waals surface area (Å²) in [6.45, 7) is 0.446. The molecule has 0 aliphatic carbocycles. The van der Waals surface area contributed by atoms with E-state index in [1.54, 1.807) is 13.1 Å². The van der Waals surface area contributed by atoms with Gasteiger partial charge in [0.2, 0.25) is 0 Å². The third-order valence-corrected chi connectivity index (χ3v) is 1.54. The number of rotatable bonds is 2. The minimum atomic E-state index is -0.275.